The number of fused-ring (bicyclic) bond motifs is 2. The molecule has 0 aliphatic carbocycles. The zero-order valence-electron chi connectivity index (χ0n) is 22.3. The summed E-state index contributed by atoms with van der Waals surface area (Å²) < 4.78 is 0. The van der Waals surface area contributed by atoms with E-state index in [9.17, 15) is 14.7 Å². The van der Waals surface area contributed by atoms with Crippen LogP contribution < -0.4 is 10.6 Å². The van der Waals surface area contributed by atoms with E-state index < -0.39 is 6.10 Å². The molecule has 0 radical (unpaired) electrons. The first kappa shape index (κ1) is 27.1. The molecule has 0 unspecified atom stereocenters. The first-order valence-corrected chi connectivity index (χ1v) is 13.7. The van der Waals surface area contributed by atoms with Crippen LogP contribution in [-0.2, 0) is 18.4 Å². The Bertz CT molecular complexity index is 1220. The lowest BCUT2D eigenvalue weighted by Gasteiger charge is -2.49. The number of aliphatic hydroxyl groups is 1. The van der Waals surface area contributed by atoms with E-state index in [0.29, 0.717) is 17.7 Å². The Morgan fingerprint density at radius 2 is 1.82 bits per heavy atom. The topological polar surface area (TPSA) is 84.9 Å². The largest absolute Gasteiger partial charge is 0.390 e. The molecule has 4 aliphatic heterocycles. The van der Waals surface area contributed by atoms with Gasteiger partial charge in [0, 0.05) is 60.8 Å². The van der Waals surface area contributed by atoms with Crippen LogP contribution >= 0.6 is 12.4 Å². The third-order valence-corrected chi connectivity index (χ3v) is 9.20. The molecule has 8 heteroatoms. The molecule has 0 bridgehead atoms. The van der Waals surface area contributed by atoms with Crippen LogP contribution in [0.15, 0.2) is 42.5 Å². The predicted molar refractivity (Wildman–Crippen MR) is 150 cm³/mol. The van der Waals surface area contributed by atoms with Gasteiger partial charge in [0.1, 0.15) is 0 Å². The van der Waals surface area contributed by atoms with Crippen molar-refractivity contribution < 1.29 is 14.7 Å². The second-order valence-electron chi connectivity index (χ2n) is 12.1. The normalized spacial score (nSPS) is 24.1. The van der Waals surface area contributed by atoms with Crippen LogP contribution in [0.1, 0.15) is 70.5 Å². The number of nitrogens with one attached hydrogen (secondary N) is 2. The standard InChI is InChI=1S/C30H38N4O3.ClH/c1-29(2)19-34(18-26(35)25-16-20-5-3-4-6-22(20)17-31-25)28(37)23-8-7-21(15-24(23)29)27(36)33-13-10-30(11-14-33)9-12-32-30;/h3-8,15,25-26,31-32,35H,9-14,16-19H2,1-2H3;1H/t25-,26+;/m1./s1. The van der Waals surface area contributed by atoms with Gasteiger partial charge in [-0.1, -0.05) is 38.1 Å². The molecular formula is C30H39ClN4O3. The van der Waals surface area contributed by atoms with Gasteiger partial charge >= 0.3 is 0 Å². The number of hydrogen-bond acceptors (Lipinski definition) is 5. The number of hydrogen-bond donors (Lipinski definition) is 3. The summed E-state index contributed by atoms with van der Waals surface area (Å²) >= 11 is 0. The molecule has 1 spiro atoms. The van der Waals surface area contributed by atoms with E-state index in [4.69, 9.17) is 0 Å². The van der Waals surface area contributed by atoms with Gasteiger partial charge in [0.05, 0.1) is 6.10 Å². The summed E-state index contributed by atoms with van der Waals surface area (Å²) in [5, 5.41) is 18.1. The molecule has 204 valence electrons. The van der Waals surface area contributed by atoms with Crippen LogP contribution in [-0.4, -0.2) is 77.1 Å². The van der Waals surface area contributed by atoms with E-state index in [0.717, 1.165) is 51.0 Å². The fourth-order valence-electron chi connectivity index (χ4n) is 6.71. The van der Waals surface area contributed by atoms with Gasteiger partial charge in [-0.05, 0) is 67.1 Å². The van der Waals surface area contributed by atoms with E-state index in [1.54, 1.807) is 11.0 Å². The lowest BCUT2D eigenvalue weighted by atomic mass is 9.76. The molecule has 38 heavy (non-hydrogen) atoms. The van der Waals surface area contributed by atoms with Crippen molar-refractivity contribution in [2.75, 3.05) is 32.7 Å². The molecule has 3 N–H and O–H groups in total. The monoisotopic (exact) mass is 538 g/mol. The van der Waals surface area contributed by atoms with Gasteiger partial charge in [-0.3, -0.25) is 9.59 Å². The van der Waals surface area contributed by atoms with Crippen molar-refractivity contribution >= 4 is 24.2 Å². The maximum Gasteiger partial charge on any atom is 0.254 e. The van der Waals surface area contributed by atoms with Crippen molar-refractivity contribution in [2.24, 2.45) is 0 Å². The number of carbonyl (C=O) groups is 2. The quantitative estimate of drug-likeness (QED) is 0.557. The molecule has 2 fully saturated rings. The van der Waals surface area contributed by atoms with Crippen LogP contribution in [0.4, 0.5) is 0 Å². The number of amides is 2. The van der Waals surface area contributed by atoms with Crippen LogP contribution in [0.2, 0.25) is 0 Å². The Morgan fingerprint density at radius 3 is 2.50 bits per heavy atom. The summed E-state index contributed by atoms with van der Waals surface area (Å²) in [5.41, 5.74) is 4.68. The number of carbonyl (C=O) groups excluding carboxylic acids is 2. The molecule has 4 heterocycles. The zero-order chi connectivity index (χ0) is 25.8. The minimum Gasteiger partial charge on any atom is -0.390 e. The Morgan fingerprint density at radius 1 is 1.11 bits per heavy atom. The summed E-state index contributed by atoms with van der Waals surface area (Å²) in [6.45, 7) is 8.39. The highest BCUT2D eigenvalue weighted by atomic mass is 35.5. The van der Waals surface area contributed by atoms with Crippen molar-refractivity contribution in [1.29, 1.82) is 0 Å². The average Bonchev–Trinajstić information content (AvgIpc) is 2.89. The van der Waals surface area contributed by atoms with Gasteiger partial charge in [-0.15, -0.1) is 12.4 Å². The van der Waals surface area contributed by atoms with Crippen molar-refractivity contribution in [3.63, 3.8) is 0 Å². The molecule has 0 saturated carbocycles. The zero-order valence-corrected chi connectivity index (χ0v) is 23.2. The second kappa shape index (κ2) is 10.3. The maximum absolute atomic E-state index is 13.5. The summed E-state index contributed by atoms with van der Waals surface area (Å²) in [6, 6.07) is 13.8. The minimum absolute atomic E-state index is 0. The number of likely N-dealkylation sites (tertiary alicyclic amines) is 1. The van der Waals surface area contributed by atoms with Gasteiger partial charge in [0.25, 0.3) is 11.8 Å². The smallest absolute Gasteiger partial charge is 0.254 e. The van der Waals surface area contributed by atoms with Crippen LogP contribution in [0.5, 0.6) is 0 Å². The molecular weight excluding hydrogens is 500 g/mol. The highest BCUT2D eigenvalue weighted by Crippen LogP contribution is 2.36. The highest BCUT2D eigenvalue weighted by molar-refractivity contribution is 6.00. The van der Waals surface area contributed by atoms with Gasteiger partial charge < -0.3 is 25.5 Å². The summed E-state index contributed by atoms with van der Waals surface area (Å²) in [5.74, 6) is -0.0127. The highest BCUT2D eigenvalue weighted by Gasteiger charge is 2.41. The van der Waals surface area contributed by atoms with Crippen molar-refractivity contribution in [3.8, 4) is 0 Å². The summed E-state index contributed by atoms with van der Waals surface area (Å²) in [4.78, 5) is 30.6. The van der Waals surface area contributed by atoms with E-state index >= 15 is 0 Å². The summed E-state index contributed by atoms with van der Waals surface area (Å²) in [6.07, 6.45) is 3.31. The second-order valence-corrected chi connectivity index (χ2v) is 12.1. The minimum atomic E-state index is -0.664. The van der Waals surface area contributed by atoms with E-state index in [1.807, 2.05) is 29.2 Å². The number of halogens is 1. The van der Waals surface area contributed by atoms with Crippen LogP contribution in [0.25, 0.3) is 0 Å². The third kappa shape index (κ3) is 4.86. The van der Waals surface area contributed by atoms with Crippen molar-refractivity contribution in [2.45, 2.75) is 69.2 Å². The Balaban J connectivity index is 0.00000294. The fraction of sp³-hybridized carbons (Fsp3) is 0.533. The molecule has 2 saturated heterocycles. The Labute approximate surface area is 231 Å². The fourth-order valence-corrected chi connectivity index (χ4v) is 6.71. The van der Waals surface area contributed by atoms with Crippen molar-refractivity contribution in [1.82, 2.24) is 20.4 Å². The summed E-state index contributed by atoms with van der Waals surface area (Å²) in [7, 11) is 0. The number of β-amino-alcohol motifs (C(OH)–C–C–N with tert-alkyl or cyclic N) is 1. The molecule has 2 atom stereocenters. The number of benzene rings is 2. The molecule has 0 aromatic heterocycles. The Hall–Kier alpha value is -2.45. The molecule has 2 amide bonds. The van der Waals surface area contributed by atoms with Gasteiger partial charge in [-0.2, -0.15) is 0 Å². The lowest BCUT2D eigenvalue weighted by molar-refractivity contribution is 0.0443. The maximum atomic E-state index is 13.5. The first-order chi connectivity index (χ1) is 17.7. The van der Waals surface area contributed by atoms with Gasteiger partial charge in [0.2, 0.25) is 0 Å². The van der Waals surface area contributed by atoms with E-state index in [-0.39, 0.29) is 47.8 Å². The van der Waals surface area contributed by atoms with E-state index in [1.165, 1.54) is 17.5 Å². The average molecular weight is 539 g/mol. The van der Waals surface area contributed by atoms with Gasteiger partial charge in [-0.25, -0.2) is 0 Å². The van der Waals surface area contributed by atoms with Crippen LogP contribution in [0, 0.1) is 0 Å². The number of aliphatic hydroxyl groups excluding tert-OH is 1. The predicted octanol–water partition coefficient (Wildman–Crippen LogP) is 2.89. The van der Waals surface area contributed by atoms with E-state index in [2.05, 4.69) is 36.6 Å². The molecule has 2 aromatic carbocycles. The molecule has 2 aromatic rings. The first-order valence-electron chi connectivity index (χ1n) is 13.7. The number of nitrogens with zero attached hydrogens (tertiary/aromatic N) is 2. The molecule has 7 nitrogen and oxygen atoms in total. The van der Waals surface area contributed by atoms with Gasteiger partial charge in [0.15, 0.2) is 0 Å². The molecule has 4 aliphatic rings. The molecule has 6 rings (SSSR count). The third-order valence-electron chi connectivity index (χ3n) is 9.20. The van der Waals surface area contributed by atoms with Crippen LogP contribution in [0.3, 0.4) is 0 Å². The Kier molecular flexibility index (Phi) is 7.33. The number of rotatable bonds is 4. The SMILES string of the molecule is CC1(C)CN(C[C@H](O)[C@H]2Cc3ccccc3CN2)C(=O)c2ccc(C(=O)N3CCC4(CCN4)CC3)cc21.Cl. The number of piperidine rings is 1. The lowest BCUT2D eigenvalue weighted by Crippen LogP contribution is -2.62. The van der Waals surface area contributed by atoms with Crippen molar-refractivity contribution in [3.05, 3.63) is 70.3 Å².